The third-order valence-corrected chi connectivity index (χ3v) is 4.66. The van der Waals surface area contributed by atoms with E-state index in [1.54, 1.807) is 19.2 Å². The second kappa shape index (κ2) is 6.93. The average Bonchev–Trinajstić information content (AvgIpc) is 2.48. The molecule has 0 atom stereocenters. The van der Waals surface area contributed by atoms with Gasteiger partial charge < -0.3 is 4.74 Å². The minimum atomic E-state index is -3.52. The third kappa shape index (κ3) is 4.46. The second-order valence-electron chi connectivity index (χ2n) is 4.45. The first-order valence-electron chi connectivity index (χ1n) is 6.39. The van der Waals surface area contributed by atoms with E-state index in [1.807, 2.05) is 24.3 Å². The Morgan fingerprint density at radius 2 is 1.86 bits per heavy atom. The van der Waals surface area contributed by atoms with Gasteiger partial charge in [-0.1, -0.05) is 29.8 Å². The summed E-state index contributed by atoms with van der Waals surface area (Å²) in [6.45, 7) is 0.321. The van der Waals surface area contributed by atoms with Gasteiger partial charge in [-0.25, -0.2) is 13.1 Å². The van der Waals surface area contributed by atoms with E-state index in [9.17, 15) is 8.42 Å². The number of nitrogens with one attached hydrogen (secondary N) is 1. The van der Waals surface area contributed by atoms with Gasteiger partial charge in [0.15, 0.2) is 0 Å². The fourth-order valence-corrected chi connectivity index (χ4v) is 3.17. The van der Waals surface area contributed by atoms with Crippen LogP contribution in [0.4, 0.5) is 0 Å². The lowest BCUT2D eigenvalue weighted by Gasteiger charge is -2.07. The summed E-state index contributed by atoms with van der Waals surface area (Å²) in [5.74, 6) is 0.776. The second-order valence-corrected chi connectivity index (χ2v) is 6.66. The lowest BCUT2D eigenvalue weighted by Crippen LogP contribution is -2.25. The van der Waals surface area contributed by atoms with Crippen LogP contribution in [0.3, 0.4) is 0 Å². The van der Waals surface area contributed by atoms with Crippen LogP contribution in [0.2, 0.25) is 5.02 Å². The minimum absolute atomic E-state index is 0.171. The SMILES string of the molecule is COc1ccc(CCNS(=O)(=O)c2cccc(Cl)c2)cc1. The molecule has 0 radical (unpaired) electrons. The van der Waals surface area contributed by atoms with Crippen LogP contribution in [-0.4, -0.2) is 22.1 Å². The molecule has 112 valence electrons. The summed E-state index contributed by atoms with van der Waals surface area (Å²) in [7, 11) is -1.92. The van der Waals surface area contributed by atoms with Crippen molar-refractivity contribution in [3.8, 4) is 5.75 Å². The van der Waals surface area contributed by atoms with Gasteiger partial charge in [0.25, 0.3) is 0 Å². The molecule has 0 heterocycles. The van der Waals surface area contributed by atoms with Crippen LogP contribution in [-0.2, 0) is 16.4 Å². The summed E-state index contributed by atoms with van der Waals surface area (Å²) < 4.78 is 31.8. The van der Waals surface area contributed by atoms with Crippen molar-refractivity contribution in [3.05, 3.63) is 59.1 Å². The molecule has 0 aliphatic rings. The summed E-state index contributed by atoms with van der Waals surface area (Å²) in [6.07, 6.45) is 0.601. The maximum Gasteiger partial charge on any atom is 0.240 e. The molecular weight excluding hydrogens is 310 g/mol. The summed E-state index contributed by atoms with van der Waals surface area (Å²) in [5.41, 5.74) is 1.03. The van der Waals surface area contributed by atoms with Crippen LogP contribution in [0.5, 0.6) is 5.75 Å². The maximum absolute atomic E-state index is 12.1. The molecule has 0 unspecified atom stereocenters. The Kier molecular flexibility index (Phi) is 5.22. The number of benzene rings is 2. The standard InChI is InChI=1S/C15H16ClNO3S/c1-20-14-7-5-12(6-8-14)9-10-17-21(18,19)15-4-2-3-13(16)11-15/h2-8,11,17H,9-10H2,1H3. The molecule has 2 aromatic carbocycles. The van der Waals surface area contributed by atoms with Gasteiger partial charge in [0, 0.05) is 11.6 Å². The molecule has 1 N–H and O–H groups in total. The van der Waals surface area contributed by atoms with E-state index in [4.69, 9.17) is 16.3 Å². The van der Waals surface area contributed by atoms with Crippen LogP contribution in [0.25, 0.3) is 0 Å². The lowest BCUT2D eigenvalue weighted by atomic mass is 10.1. The number of rotatable bonds is 6. The van der Waals surface area contributed by atoms with Crippen molar-refractivity contribution < 1.29 is 13.2 Å². The van der Waals surface area contributed by atoms with E-state index < -0.39 is 10.0 Å². The molecule has 0 saturated carbocycles. The largest absolute Gasteiger partial charge is 0.497 e. The Bertz CT molecular complexity index is 699. The van der Waals surface area contributed by atoms with Crippen molar-refractivity contribution in [2.45, 2.75) is 11.3 Å². The Hall–Kier alpha value is -1.56. The van der Waals surface area contributed by atoms with Gasteiger partial charge in [-0.05, 0) is 42.3 Å². The Labute approximate surface area is 129 Å². The predicted octanol–water partition coefficient (Wildman–Crippen LogP) is 2.87. The van der Waals surface area contributed by atoms with Gasteiger partial charge in [0.1, 0.15) is 5.75 Å². The highest BCUT2D eigenvalue weighted by atomic mass is 35.5. The minimum Gasteiger partial charge on any atom is -0.497 e. The summed E-state index contributed by atoms with van der Waals surface area (Å²) in [6, 6.07) is 13.7. The molecule has 0 aromatic heterocycles. The third-order valence-electron chi connectivity index (χ3n) is 2.97. The highest BCUT2D eigenvalue weighted by molar-refractivity contribution is 7.89. The predicted molar refractivity (Wildman–Crippen MR) is 83.3 cm³/mol. The quantitative estimate of drug-likeness (QED) is 0.888. The number of hydrogen-bond acceptors (Lipinski definition) is 3. The lowest BCUT2D eigenvalue weighted by molar-refractivity contribution is 0.414. The average molecular weight is 326 g/mol. The number of hydrogen-bond donors (Lipinski definition) is 1. The molecule has 0 fully saturated rings. The van der Waals surface area contributed by atoms with E-state index in [1.165, 1.54) is 12.1 Å². The monoisotopic (exact) mass is 325 g/mol. The van der Waals surface area contributed by atoms with Crippen molar-refractivity contribution >= 4 is 21.6 Å². The van der Waals surface area contributed by atoms with E-state index >= 15 is 0 Å². The summed E-state index contributed by atoms with van der Waals surface area (Å²) in [5, 5.41) is 0.396. The zero-order valence-electron chi connectivity index (χ0n) is 11.5. The van der Waals surface area contributed by atoms with Crippen molar-refractivity contribution in [1.82, 2.24) is 4.72 Å². The van der Waals surface area contributed by atoms with Gasteiger partial charge in [-0.2, -0.15) is 0 Å². The molecule has 21 heavy (non-hydrogen) atoms. The molecule has 0 aliphatic carbocycles. The normalized spacial score (nSPS) is 11.3. The Balaban J connectivity index is 1.95. The van der Waals surface area contributed by atoms with Crippen LogP contribution < -0.4 is 9.46 Å². The first-order valence-corrected chi connectivity index (χ1v) is 8.25. The highest BCUT2D eigenvalue weighted by Crippen LogP contribution is 2.15. The van der Waals surface area contributed by atoms with E-state index in [0.717, 1.165) is 11.3 Å². The van der Waals surface area contributed by atoms with Crippen LogP contribution >= 0.6 is 11.6 Å². The zero-order chi connectivity index (χ0) is 15.3. The molecule has 0 spiro atoms. The van der Waals surface area contributed by atoms with Crippen LogP contribution in [0.1, 0.15) is 5.56 Å². The smallest absolute Gasteiger partial charge is 0.240 e. The molecule has 0 aliphatic heterocycles. The molecule has 0 saturated heterocycles. The maximum atomic E-state index is 12.1. The molecular formula is C15H16ClNO3S. The van der Waals surface area contributed by atoms with Gasteiger partial charge in [0.2, 0.25) is 10.0 Å². The number of halogens is 1. The highest BCUT2D eigenvalue weighted by Gasteiger charge is 2.13. The number of ether oxygens (including phenoxy) is 1. The van der Waals surface area contributed by atoms with Gasteiger partial charge >= 0.3 is 0 Å². The first kappa shape index (κ1) is 15.8. The molecule has 2 aromatic rings. The van der Waals surface area contributed by atoms with Gasteiger partial charge in [0.05, 0.1) is 12.0 Å². The van der Waals surface area contributed by atoms with Crippen LogP contribution in [0, 0.1) is 0 Å². The van der Waals surface area contributed by atoms with Gasteiger partial charge in [-0.3, -0.25) is 0 Å². The van der Waals surface area contributed by atoms with Gasteiger partial charge in [-0.15, -0.1) is 0 Å². The van der Waals surface area contributed by atoms with E-state index in [2.05, 4.69) is 4.72 Å². The number of sulfonamides is 1. The van der Waals surface area contributed by atoms with Crippen molar-refractivity contribution in [3.63, 3.8) is 0 Å². The summed E-state index contributed by atoms with van der Waals surface area (Å²) in [4.78, 5) is 0.171. The van der Waals surface area contributed by atoms with Crippen LogP contribution in [0.15, 0.2) is 53.4 Å². The molecule has 6 heteroatoms. The fraction of sp³-hybridized carbons (Fsp3) is 0.200. The molecule has 2 rings (SSSR count). The van der Waals surface area contributed by atoms with E-state index in [-0.39, 0.29) is 4.90 Å². The summed E-state index contributed by atoms with van der Waals surface area (Å²) >= 11 is 5.81. The zero-order valence-corrected chi connectivity index (χ0v) is 13.1. The molecule has 0 bridgehead atoms. The Morgan fingerprint density at radius 1 is 1.14 bits per heavy atom. The number of methoxy groups -OCH3 is 1. The Morgan fingerprint density at radius 3 is 2.48 bits per heavy atom. The fourth-order valence-electron chi connectivity index (χ4n) is 1.84. The van der Waals surface area contributed by atoms with Crippen molar-refractivity contribution in [2.24, 2.45) is 0 Å². The van der Waals surface area contributed by atoms with Crippen molar-refractivity contribution in [1.29, 1.82) is 0 Å². The van der Waals surface area contributed by atoms with Crippen molar-refractivity contribution in [2.75, 3.05) is 13.7 Å². The molecule has 0 amide bonds. The molecule has 4 nitrogen and oxygen atoms in total. The first-order chi connectivity index (χ1) is 10.0. The topological polar surface area (TPSA) is 55.4 Å². The van der Waals surface area contributed by atoms with E-state index in [0.29, 0.717) is 18.0 Å².